The summed E-state index contributed by atoms with van der Waals surface area (Å²) < 4.78 is 34.1. The molecule has 0 aliphatic carbocycles. The second kappa shape index (κ2) is 9.43. The van der Waals surface area contributed by atoms with E-state index in [-0.39, 0.29) is 34.3 Å². The van der Waals surface area contributed by atoms with Gasteiger partial charge < -0.3 is 10.1 Å². The zero-order chi connectivity index (χ0) is 22.7. The van der Waals surface area contributed by atoms with E-state index in [0.29, 0.717) is 16.9 Å². The van der Waals surface area contributed by atoms with Crippen molar-refractivity contribution in [2.24, 2.45) is 0 Å². The number of pyridine rings is 1. The lowest BCUT2D eigenvalue weighted by Gasteiger charge is -2.16. The summed E-state index contributed by atoms with van der Waals surface area (Å²) in [6, 6.07) is 11.6. The maximum Gasteiger partial charge on any atom is 0.273 e. The van der Waals surface area contributed by atoms with Gasteiger partial charge in [-0.05, 0) is 67.0 Å². The molecular formula is C23H21BrF2N2O3. The molecule has 0 aliphatic rings. The van der Waals surface area contributed by atoms with Gasteiger partial charge in [0.15, 0.2) is 0 Å². The lowest BCUT2D eigenvalue weighted by Crippen LogP contribution is -2.30. The van der Waals surface area contributed by atoms with Crippen molar-refractivity contribution in [2.45, 2.75) is 33.4 Å². The van der Waals surface area contributed by atoms with Crippen molar-refractivity contribution >= 4 is 21.8 Å². The SMILES string of the molecule is Cc1cc(OCc2ccc(F)cc2F)c(Br)c(=O)n1-c1cccc(C(=O)NC(C)C)c1. The third-order valence-electron chi connectivity index (χ3n) is 4.48. The van der Waals surface area contributed by atoms with Crippen LogP contribution >= 0.6 is 15.9 Å². The van der Waals surface area contributed by atoms with Crippen LogP contribution in [0.2, 0.25) is 0 Å². The van der Waals surface area contributed by atoms with Crippen LogP contribution in [-0.4, -0.2) is 16.5 Å². The highest BCUT2D eigenvalue weighted by Gasteiger charge is 2.16. The van der Waals surface area contributed by atoms with Crippen LogP contribution < -0.4 is 15.6 Å². The molecule has 5 nitrogen and oxygen atoms in total. The van der Waals surface area contributed by atoms with Crippen molar-refractivity contribution < 1.29 is 18.3 Å². The predicted octanol–water partition coefficient (Wildman–Crippen LogP) is 4.90. The number of nitrogens with zero attached hydrogens (tertiary/aromatic N) is 1. The Morgan fingerprint density at radius 3 is 2.58 bits per heavy atom. The number of aromatic nitrogens is 1. The molecule has 162 valence electrons. The van der Waals surface area contributed by atoms with Crippen LogP contribution in [0.5, 0.6) is 5.75 Å². The van der Waals surface area contributed by atoms with E-state index in [2.05, 4.69) is 21.2 Å². The molecule has 3 rings (SSSR count). The largest absolute Gasteiger partial charge is 0.487 e. The van der Waals surface area contributed by atoms with Crippen LogP contribution in [0.1, 0.15) is 35.5 Å². The summed E-state index contributed by atoms with van der Waals surface area (Å²) in [6.07, 6.45) is 0. The number of nitrogens with one attached hydrogen (secondary N) is 1. The van der Waals surface area contributed by atoms with Crippen molar-refractivity contribution in [1.29, 1.82) is 0 Å². The molecule has 0 saturated carbocycles. The number of rotatable bonds is 6. The highest BCUT2D eigenvalue weighted by Crippen LogP contribution is 2.25. The van der Waals surface area contributed by atoms with Crippen LogP contribution in [0.25, 0.3) is 5.69 Å². The molecule has 31 heavy (non-hydrogen) atoms. The van der Waals surface area contributed by atoms with Gasteiger partial charge in [0.2, 0.25) is 0 Å². The van der Waals surface area contributed by atoms with Crippen molar-refractivity contribution in [3.05, 3.63) is 91.8 Å². The van der Waals surface area contributed by atoms with Gasteiger partial charge in [-0.2, -0.15) is 0 Å². The predicted molar refractivity (Wildman–Crippen MR) is 118 cm³/mol. The molecule has 1 heterocycles. The van der Waals surface area contributed by atoms with Gasteiger partial charge >= 0.3 is 0 Å². The van der Waals surface area contributed by atoms with Gasteiger partial charge in [0, 0.05) is 40.7 Å². The first-order valence-electron chi connectivity index (χ1n) is 9.57. The normalized spacial score (nSPS) is 10.9. The van der Waals surface area contributed by atoms with E-state index in [4.69, 9.17) is 4.74 Å². The van der Waals surface area contributed by atoms with E-state index >= 15 is 0 Å². The number of hydrogen-bond donors (Lipinski definition) is 1. The Bertz CT molecular complexity index is 1190. The number of benzene rings is 2. The lowest BCUT2D eigenvalue weighted by molar-refractivity contribution is 0.0943. The zero-order valence-electron chi connectivity index (χ0n) is 17.2. The van der Waals surface area contributed by atoms with E-state index in [1.54, 1.807) is 37.3 Å². The van der Waals surface area contributed by atoms with Gasteiger partial charge in [-0.25, -0.2) is 8.78 Å². The highest BCUT2D eigenvalue weighted by atomic mass is 79.9. The lowest BCUT2D eigenvalue weighted by atomic mass is 10.1. The Kier molecular flexibility index (Phi) is 6.90. The number of ether oxygens (including phenoxy) is 1. The second-order valence-corrected chi connectivity index (χ2v) is 8.10. The van der Waals surface area contributed by atoms with E-state index < -0.39 is 17.2 Å². The molecule has 1 amide bonds. The topological polar surface area (TPSA) is 60.3 Å². The summed E-state index contributed by atoms with van der Waals surface area (Å²) >= 11 is 3.26. The molecule has 0 unspecified atom stereocenters. The maximum atomic E-state index is 13.8. The summed E-state index contributed by atoms with van der Waals surface area (Å²) in [4.78, 5) is 25.3. The van der Waals surface area contributed by atoms with E-state index in [1.165, 1.54) is 10.6 Å². The molecule has 8 heteroatoms. The van der Waals surface area contributed by atoms with Crippen LogP contribution in [0, 0.1) is 18.6 Å². The first kappa shape index (κ1) is 22.7. The van der Waals surface area contributed by atoms with Gasteiger partial charge in [0.25, 0.3) is 11.5 Å². The number of hydrogen-bond acceptors (Lipinski definition) is 3. The first-order chi connectivity index (χ1) is 14.7. The Morgan fingerprint density at radius 1 is 1.16 bits per heavy atom. The van der Waals surface area contributed by atoms with Crippen LogP contribution in [0.3, 0.4) is 0 Å². The van der Waals surface area contributed by atoms with Crippen LogP contribution in [0.15, 0.2) is 57.8 Å². The third kappa shape index (κ3) is 5.19. The molecule has 0 aliphatic heterocycles. The smallest absolute Gasteiger partial charge is 0.273 e. The number of carbonyl (C=O) groups is 1. The third-order valence-corrected chi connectivity index (χ3v) is 5.21. The fraction of sp³-hybridized carbons (Fsp3) is 0.217. The van der Waals surface area contributed by atoms with E-state index in [9.17, 15) is 18.4 Å². The standard InChI is InChI=1S/C23H21BrF2N2O3/c1-13(2)27-22(29)15-5-4-6-18(10-15)28-14(3)9-20(21(24)23(28)30)31-12-16-7-8-17(25)11-19(16)26/h4-11,13H,12H2,1-3H3,(H,27,29). The number of amides is 1. The van der Waals surface area contributed by atoms with Gasteiger partial charge in [-0.15, -0.1) is 0 Å². The maximum absolute atomic E-state index is 13.8. The molecule has 0 saturated heterocycles. The molecule has 0 atom stereocenters. The summed E-state index contributed by atoms with van der Waals surface area (Å²) in [6.45, 7) is 5.28. The molecule has 1 aromatic heterocycles. The monoisotopic (exact) mass is 490 g/mol. The molecule has 1 N–H and O–H groups in total. The Hall–Kier alpha value is -3.00. The summed E-state index contributed by atoms with van der Waals surface area (Å²) in [5.74, 6) is -1.40. The highest BCUT2D eigenvalue weighted by molar-refractivity contribution is 9.10. The van der Waals surface area contributed by atoms with E-state index in [0.717, 1.165) is 12.1 Å². The van der Waals surface area contributed by atoms with Gasteiger partial charge in [0.1, 0.15) is 28.5 Å². The number of halogens is 3. The van der Waals surface area contributed by atoms with Crippen LogP contribution in [0.4, 0.5) is 8.78 Å². The average molecular weight is 491 g/mol. The fourth-order valence-electron chi connectivity index (χ4n) is 3.03. The number of carbonyl (C=O) groups excluding carboxylic acids is 1. The Balaban J connectivity index is 1.92. The van der Waals surface area contributed by atoms with Crippen molar-refractivity contribution in [1.82, 2.24) is 9.88 Å². The first-order valence-corrected chi connectivity index (χ1v) is 10.4. The Labute approximate surface area is 186 Å². The molecule has 0 bridgehead atoms. The van der Waals surface area contributed by atoms with Crippen molar-refractivity contribution in [2.75, 3.05) is 0 Å². The van der Waals surface area contributed by atoms with Crippen LogP contribution in [-0.2, 0) is 6.61 Å². The van der Waals surface area contributed by atoms with Crippen molar-refractivity contribution in [3.63, 3.8) is 0 Å². The minimum atomic E-state index is -0.724. The molecule has 0 spiro atoms. The molecule has 0 fully saturated rings. The summed E-state index contributed by atoms with van der Waals surface area (Å²) in [5, 5.41) is 2.82. The number of aryl methyl sites for hydroxylation is 1. The van der Waals surface area contributed by atoms with Gasteiger partial charge in [-0.1, -0.05) is 6.07 Å². The quantitative estimate of drug-likeness (QED) is 0.534. The van der Waals surface area contributed by atoms with Gasteiger partial charge in [-0.3, -0.25) is 14.2 Å². The second-order valence-electron chi connectivity index (χ2n) is 7.31. The minimum absolute atomic E-state index is 0.0165. The Morgan fingerprint density at radius 2 is 1.90 bits per heavy atom. The van der Waals surface area contributed by atoms with E-state index in [1.807, 2.05) is 13.8 Å². The zero-order valence-corrected chi connectivity index (χ0v) is 18.8. The van der Waals surface area contributed by atoms with Gasteiger partial charge in [0.05, 0.1) is 0 Å². The summed E-state index contributed by atoms with van der Waals surface area (Å²) in [7, 11) is 0. The minimum Gasteiger partial charge on any atom is -0.487 e. The average Bonchev–Trinajstić information content (AvgIpc) is 2.70. The fourth-order valence-corrected chi connectivity index (χ4v) is 3.44. The summed E-state index contributed by atoms with van der Waals surface area (Å²) in [5.41, 5.74) is 1.29. The molecule has 0 radical (unpaired) electrons. The molecule has 3 aromatic rings. The van der Waals surface area contributed by atoms with Crippen molar-refractivity contribution in [3.8, 4) is 11.4 Å². The molecule has 2 aromatic carbocycles. The molecular weight excluding hydrogens is 470 g/mol.